The normalized spacial score (nSPS) is 34.0. The van der Waals surface area contributed by atoms with Gasteiger partial charge in [-0.15, -0.1) is 0 Å². The van der Waals surface area contributed by atoms with Crippen LogP contribution in [0.3, 0.4) is 0 Å². The van der Waals surface area contributed by atoms with E-state index in [-0.39, 0.29) is 12.0 Å². The molecule has 1 heterocycles. The summed E-state index contributed by atoms with van der Waals surface area (Å²) in [6.07, 6.45) is 9.20. The highest BCUT2D eigenvalue weighted by molar-refractivity contribution is 5.71. The first kappa shape index (κ1) is 16.8. The summed E-state index contributed by atoms with van der Waals surface area (Å²) >= 11 is 0. The number of nitrogens with zero attached hydrogens (tertiary/aromatic N) is 1. The van der Waals surface area contributed by atoms with E-state index >= 15 is 0 Å². The average molecular weight is 297 g/mol. The van der Waals surface area contributed by atoms with Gasteiger partial charge in [-0.25, -0.2) is 0 Å². The summed E-state index contributed by atoms with van der Waals surface area (Å²) in [5.41, 5.74) is 0. The number of carboxylic acid groups (broad SMARTS) is 1. The summed E-state index contributed by atoms with van der Waals surface area (Å²) in [6.45, 7) is 3.97. The van der Waals surface area contributed by atoms with E-state index in [9.17, 15) is 9.90 Å². The molecule has 0 amide bonds. The van der Waals surface area contributed by atoms with Crippen molar-refractivity contribution >= 4 is 5.97 Å². The monoisotopic (exact) mass is 297 g/mol. The van der Waals surface area contributed by atoms with E-state index in [2.05, 4.69) is 18.9 Å². The van der Waals surface area contributed by atoms with Crippen LogP contribution in [0.5, 0.6) is 0 Å². The van der Waals surface area contributed by atoms with Crippen molar-refractivity contribution in [1.82, 2.24) is 4.90 Å². The van der Waals surface area contributed by atoms with Crippen molar-refractivity contribution in [1.29, 1.82) is 0 Å². The molecule has 4 atom stereocenters. The fraction of sp³-hybridized carbons (Fsp3) is 0.941. The van der Waals surface area contributed by atoms with Gasteiger partial charge in [0.1, 0.15) is 0 Å². The SMILES string of the molecule is CCCC1CCC(C(=O)O)C(N(C)CC2CCCCO2)C1. The van der Waals surface area contributed by atoms with E-state index in [1.54, 1.807) is 0 Å². The van der Waals surface area contributed by atoms with E-state index in [1.807, 2.05) is 0 Å². The molecule has 0 bridgehead atoms. The Bertz CT molecular complexity index is 328. The van der Waals surface area contributed by atoms with Gasteiger partial charge in [-0.05, 0) is 51.5 Å². The molecule has 1 aliphatic carbocycles. The van der Waals surface area contributed by atoms with Gasteiger partial charge < -0.3 is 9.84 Å². The molecule has 0 aromatic carbocycles. The van der Waals surface area contributed by atoms with Crippen LogP contribution in [-0.2, 0) is 9.53 Å². The molecule has 2 rings (SSSR count). The third-order valence-corrected chi connectivity index (χ3v) is 5.27. The molecule has 1 N–H and O–H groups in total. The van der Waals surface area contributed by atoms with Crippen LogP contribution in [0.2, 0.25) is 0 Å². The number of ether oxygens (including phenoxy) is 1. The van der Waals surface area contributed by atoms with Crippen molar-refractivity contribution < 1.29 is 14.6 Å². The highest BCUT2D eigenvalue weighted by Crippen LogP contribution is 2.35. The summed E-state index contributed by atoms with van der Waals surface area (Å²) in [7, 11) is 2.09. The number of carboxylic acids is 1. The van der Waals surface area contributed by atoms with Crippen molar-refractivity contribution in [2.75, 3.05) is 20.2 Å². The second-order valence-corrected chi connectivity index (χ2v) is 6.91. The molecule has 1 saturated heterocycles. The van der Waals surface area contributed by atoms with Crippen LogP contribution in [0.1, 0.15) is 58.3 Å². The largest absolute Gasteiger partial charge is 0.481 e. The minimum Gasteiger partial charge on any atom is -0.481 e. The average Bonchev–Trinajstić information content (AvgIpc) is 2.48. The zero-order valence-electron chi connectivity index (χ0n) is 13.6. The van der Waals surface area contributed by atoms with E-state index < -0.39 is 5.97 Å². The van der Waals surface area contributed by atoms with Crippen molar-refractivity contribution in [2.45, 2.75) is 70.4 Å². The predicted octanol–water partition coefficient (Wildman–Crippen LogP) is 3.16. The minimum absolute atomic E-state index is 0.179. The summed E-state index contributed by atoms with van der Waals surface area (Å²) in [5.74, 6) is -0.122. The fourth-order valence-electron chi connectivity index (χ4n) is 4.08. The van der Waals surface area contributed by atoms with Crippen LogP contribution < -0.4 is 0 Å². The highest BCUT2D eigenvalue weighted by Gasteiger charge is 2.37. The maximum Gasteiger partial charge on any atom is 0.308 e. The lowest BCUT2D eigenvalue weighted by molar-refractivity contribution is -0.146. The van der Waals surface area contributed by atoms with Gasteiger partial charge in [0.25, 0.3) is 0 Å². The maximum atomic E-state index is 11.6. The molecule has 4 unspecified atom stereocenters. The molecule has 1 saturated carbocycles. The topological polar surface area (TPSA) is 49.8 Å². The first-order valence-electron chi connectivity index (χ1n) is 8.66. The minimum atomic E-state index is -0.619. The number of hydrogen-bond acceptors (Lipinski definition) is 3. The molecule has 4 heteroatoms. The second-order valence-electron chi connectivity index (χ2n) is 6.91. The molecule has 122 valence electrons. The first-order chi connectivity index (χ1) is 10.1. The molecule has 21 heavy (non-hydrogen) atoms. The molecular formula is C17H31NO3. The van der Waals surface area contributed by atoms with E-state index in [1.165, 1.54) is 25.7 Å². The van der Waals surface area contributed by atoms with Gasteiger partial charge in [-0.1, -0.05) is 19.8 Å². The Balaban J connectivity index is 1.94. The van der Waals surface area contributed by atoms with Crippen LogP contribution in [0.4, 0.5) is 0 Å². The number of hydrogen-bond donors (Lipinski definition) is 1. The van der Waals surface area contributed by atoms with Crippen molar-refractivity contribution in [3.8, 4) is 0 Å². The van der Waals surface area contributed by atoms with Crippen molar-refractivity contribution in [3.05, 3.63) is 0 Å². The van der Waals surface area contributed by atoms with Crippen LogP contribution >= 0.6 is 0 Å². The second kappa shape index (κ2) is 8.14. The van der Waals surface area contributed by atoms with Crippen LogP contribution in [0, 0.1) is 11.8 Å². The van der Waals surface area contributed by atoms with Crippen molar-refractivity contribution in [2.24, 2.45) is 11.8 Å². The van der Waals surface area contributed by atoms with Crippen molar-refractivity contribution in [3.63, 3.8) is 0 Å². The third-order valence-electron chi connectivity index (χ3n) is 5.27. The summed E-state index contributed by atoms with van der Waals surface area (Å²) in [6, 6.07) is 0.179. The molecule has 1 aliphatic heterocycles. The lowest BCUT2D eigenvalue weighted by Crippen LogP contribution is -2.48. The van der Waals surface area contributed by atoms with Gasteiger partial charge in [0.15, 0.2) is 0 Å². The Morgan fingerprint density at radius 3 is 2.71 bits per heavy atom. The molecule has 0 aromatic heterocycles. The molecule has 0 radical (unpaired) electrons. The molecule has 2 fully saturated rings. The van der Waals surface area contributed by atoms with Crippen LogP contribution in [0.25, 0.3) is 0 Å². The Morgan fingerprint density at radius 1 is 1.29 bits per heavy atom. The lowest BCUT2D eigenvalue weighted by atomic mass is 9.76. The number of rotatable bonds is 6. The number of likely N-dealkylation sites (N-methyl/N-ethyl adjacent to an activating group) is 1. The quantitative estimate of drug-likeness (QED) is 0.818. The van der Waals surface area contributed by atoms with Gasteiger partial charge in [-0.2, -0.15) is 0 Å². The molecule has 0 spiro atoms. The number of aliphatic carboxylic acids is 1. The first-order valence-corrected chi connectivity index (χ1v) is 8.66. The zero-order chi connectivity index (χ0) is 15.2. The van der Waals surface area contributed by atoms with Gasteiger partial charge in [-0.3, -0.25) is 9.69 Å². The Morgan fingerprint density at radius 2 is 2.10 bits per heavy atom. The Labute approximate surface area is 128 Å². The van der Waals surface area contributed by atoms with Gasteiger partial charge in [0.05, 0.1) is 12.0 Å². The fourth-order valence-corrected chi connectivity index (χ4v) is 4.08. The van der Waals surface area contributed by atoms with E-state index in [0.29, 0.717) is 12.0 Å². The molecule has 2 aliphatic rings. The molecular weight excluding hydrogens is 266 g/mol. The van der Waals surface area contributed by atoms with E-state index in [0.717, 1.165) is 38.8 Å². The summed E-state index contributed by atoms with van der Waals surface area (Å²) in [5, 5.41) is 9.52. The predicted molar refractivity (Wildman–Crippen MR) is 83.4 cm³/mol. The van der Waals surface area contributed by atoms with Crippen LogP contribution in [-0.4, -0.2) is 48.3 Å². The smallest absolute Gasteiger partial charge is 0.308 e. The maximum absolute atomic E-state index is 11.6. The zero-order valence-corrected chi connectivity index (χ0v) is 13.6. The van der Waals surface area contributed by atoms with E-state index in [4.69, 9.17) is 4.74 Å². The highest BCUT2D eigenvalue weighted by atomic mass is 16.5. The van der Waals surface area contributed by atoms with Crippen LogP contribution in [0.15, 0.2) is 0 Å². The van der Waals surface area contributed by atoms with Gasteiger partial charge in [0, 0.05) is 19.2 Å². The summed E-state index contributed by atoms with van der Waals surface area (Å²) in [4.78, 5) is 13.8. The standard InChI is InChI=1S/C17H31NO3/c1-3-6-13-8-9-15(17(19)20)16(11-13)18(2)12-14-7-4-5-10-21-14/h13-16H,3-12H2,1-2H3,(H,19,20). The van der Waals surface area contributed by atoms with Gasteiger partial charge in [0.2, 0.25) is 0 Å². The lowest BCUT2D eigenvalue weighted by Gasteiger charge is -2.41. The molecule has 4 nitrogen and oxygen atoms in total. The van der Waals surface area contributed by atoms with Gasteiger partial charge >= 0.3 is 5.97 Å². The Hall–Kier alpha value is -0.610. The number of carbonyl (C=O) groups is 1. The molecule has 0 aromatic rings. The summed E-state index contributed by atoms with van der Waals surface area (Å²) < 4.78 is 5.82. The third kappa shape index (κ3) is 4.68. The Kier molecular flexibility index (Phi) is 6.49.